The molecule has 0 bridgehead atoms. The van der Waals surface area contributed by atoms with Crippen molar-refractivity contribution in [1.29, 1.82) is 0 Å². The maximum Gasteiger partial charge on any atom is 0.287 e. The van der Waals surface area contributed by atoms with Gasteiger partial charge in [0.25, 0.3) is 11.6 Å². The van der Waals surface area contributed by atoms with E-state index in [1.54, 1.807) is 11.0 Å². The molecule has 160 valence electrons. The zero-order chi connectivity index (χ0) is 21.9. The molecule has 10 nitrogen and oxygen atoms in total. The Bertz CT molecular complexity index is 1020. The molecular formula is C19H23N5O5S. The van der Waals surface area contributed by atoms with Crippen LogP contribution in [0.1, 0.15) is 16.8 Å². The van der Waals surface area contributed by atoms with E-state index in [4.69, 9.17) is 0 Å². The minimum Gasteiger partial charge on any atom is -0.355 e. The Hall–Kier alpha value is -3.05. The summed E-state index contributed by atoms with van der Waals surface area (Å²) in [4.78, 5) is 31.2. The summed E-state index contributed by atoms with van der Waals surface area (Å²) in [5.41, 5.74) is 0.361. The first-order chi connectivity index (χ1) is 14.2. The van der Waals surface area contributed by atoms with Crippen molar-refractivity contribution in [3.63, 3.8) is 0 Å². The Morgan fingerprint density at radius 3 is 2.33 bits per heavy atom. The number of sulfonamides is 1. The predicted octanol–water partition coefficient (Wildman–Crippen LogP) is 1.59. The van der Waals surface area contributed by atoms with Gasteiger partial charge in [-0.1, -0.05) is 0 Å². The van der Waals surface area contributed by atoms with Gasteiger partial charge >= 0.3 is 0 Å². The second-order valence-corrected chi connectivity index (χ2v) is 9.23. The van der Waals surface area contributed by atoms with E-state index in [0.717, 1.165) is 10.7 Å². The van der Waals surface area contributed by atoms with E-state index in [0.29, 0.717) is 37.6 Å². The van der Waals surface area contributed by atoms with Crippen molar-refractivity contribution in [2.24, 2.45) is 0 Å². The lowest BCUT2D eigenvalue weighted by molar-refractivity contribution is -0.385. The number of carbonyl (C=O) groups is 1. The van der Waals surface area contributed by atoms with Gasteiger partial charge in [-0.3, -0.25) is 14.9 Å². The van der Waals surface area contributed by atoms with Gasteiger partial charge in [0.1, 0.15) is 12.0 Å². The van der Waals surface area contributed by atoms with Gasteiger partial charge < -0.3 is 9.80 Å². The van der Waals surface area contributed by atoms with Gasteiger partial charge in [-0.2, -0.15) is 0 Å². The summed E-state index contributed by atoms with van der Waals surface area (Å²) in [5, 5.41) is 10.8. The highest BCUT2D eigenvalue weighted by molar-refractivity contribution is 7.89. The maximum atomic E-state index is 12.9. The van der Waals surface area contributed by atoms with Crippen LogP contribution >= 0.6 is 0 Å². The molecule has 1 amide bonds. The van der Waals surface area contributed by atoms with Gasteiger partial charge in [-0.25, -0.2) is 17.7 Å². The van der Waals surface area contributed by atoms with Crippen LogP contribution in [0.4, 0.5) is 11.5 Å². The molecule has 1 aliphatic heterocycles. The number of aromatic nitrogens is 1. The molecule has 0 saturated carbocycles. The van der Waals surface area contributed by atoms with Crippen LogP contribution in [0.25, 0.3) is 0 Å². The van der Waals surface area contributed by atoms with E-state index in [1.165, 1.54) is 50.6 Å². The number of anilines is 1. The first-order valence-electron chi connectivity index (χ1n) is 9.37. The Balaban J connectivity index is 1.67. The summed E-state index contributed by atoms with van der Waals surface area (Å²) in [5.74, 6) is 0.468. The molecule has 0 atom stereocenters. The molecule has 2 heterocycles. The van der Waals surface area contributed by atoms with Crippen LogP contribution in [-0.4, -0.2) is 73.7 Å². The molecule has 2 aromatic rings. The molecule has 0 aliphatic carbocycles. The summed E-state index contributed by atoms with van der Waals surface area (Å²) in [6, 6.07) is 8.96. The highest BCUT2D eigenvalue weighted by atomic mass is 32.2. The van der Waals surface area contributed by atoms with E-state index in [9.17, 15) is 23.3 Å². The zero-order valence-corrected chi connectivity index (χ0v) is 17.6. The normalized spacial score (nSPS) is 15.2. The fourth-order valence-corrected chi connectivity index (χ4v) is 4.09. The molecule has 1 aromatic heterocycles. The molecular weight excluding hydrogens is 410 g/mol. The number of hydrogen-bond acceptors (Lipinski definition) is 7. The largest absolute Gasteiger partial charge is 0.355 e. The summed E-state index contributed by atoms with van der Waals surface area (Å²) in [6.45, 7) is 2.24. The molecule has 30 heavy (non-hydrogen) atoms. The quantitative estimate of drug-likeness (QED) is 0.519. The van der Waals surface area contributed by atoms with Crippen molar-refractivity contribution >= 4 is 27.4 Å². The number of rotatable bonds is 5. The maximum absolute atomic E-state index is 12.9. The van der Waals surface area contributed by atoms with Crippen LogP contribution in [0.5, 0.6) is 0 Å². The summed E-state index contributed by atoms with van der Waals surface area (Å²) in [6.07, 6.45) is 1.95. The topological polar surface area (TPSA) is 117 Å². The Morgan fingerprint density at radius 1 is 1.07 bits per heavy atom. The average Bonchev–Trinajstić information content (AvgIpc) is 2.99. The molecule has 0 N–H and O–H groups in total. The molecule has 0 radical (unpaired) electrons. The average molecular weight is 433 g/mol. The number of hydrogen-bond donors (Lipinski definition) is 0. The molecule has 3 rings (SSSR count). The van der Waals surface area contributed by atoms with Crippen molar-refractivity contribution in [2.75, 3.05) is 45.2 Å². The van der Waals surface area contributed by atoms with Crippen molar-refractivity contribution < 1.29 is 18.1 Å². The lowest BCUT2D eigenvalue weighted by Crippen LogP contribution is -2.35. The van der Waals surface area contributed by atoms with Crippen LogP contribution in [-0.2, 0) is 10.0 Å². The molecule has 0 spiro atoms. The zero-order valence-electron chi connectivity index (χ0n) is 16.8. The minimum absolute atomic E-state index is 0.0647. The van der Waals surface area contributed by atoms with E-state index in [2.05, 4.69) is 4.98 Å². The third-order valence-corrected chi connectivity index (χ3v) is 6.76. The highest BCUT2D eigenvalue weighted by Gasteiger charge is 2.23. The van der Waals surface area contributed by atoms with E-state index >= 15 is 0 Å². The Kier molecular flexibility index (Phi) is 6.32. The summed E-state index contributed by atoms with van der Waals surface area (Å²) >= 11 is 0. The molecule has 1 aromatic carbocycles. The van der Waals surface area contributed by atoms with Crippen LogP contribution in [0.3, 0.4) is 0 Å². The number of nitrogens with zero attached hydrogens (tertiary/aromatic N) is 5. The minimum atomic E-state index is -3.54. The highest BCUT2D eigenvalue weighted by Crippen LogP contribution is 2.19. The lowest BCUT2D eigenvalue weighted by atomic mass is 10.2. The molecule has 1 saturated heterocycles. The monoisotopic (exact) mass is 433 g/mol. The van der Waals surface area contributed by atoms with E-state index < -0.39 is 14.9 Å². The Morgan fingerprint density at radius 2 is 1.77 bits per heavy atom. The fraction of sp³-hybridized carbons (Fsp3) is 0.368. The van der Waals surface area contributed by atoms with E-state index in [1.807, 2.05) is 4.90 Å². The Labute approximate surface area is 174 Å². The van der Waals surface area contributed by atoms with Gasteiger partial charge in [-0.05, 0) is 36.8 Å². The van der Waals surface area contributed by atoms with Gasteiger partial charge in [0.05, 0.1) is 9.82 Å². The van der Waals surface area contributed by atoms with Crippen LogP contribution < -0.4 is 4.90 Å². The molecule has 1 aliphatic rings. The van der Waals surface area contributed by atoms with Crippen LogP contribution in [0.2, 0.25) is 0 Å². The lowest BCUT2D eigenvalue weighted by Gasteiger charge is -2.23. The third-order valence-electron chi connectivity index (χ3n) is 4.93. The van der Waals surface area contributed by atoms with Gasteiger partial charge in [0.15, 0.2) is 0 Å². The van der Waals surface area contributed by atoms with Crippen LogP contribution in [0.15, 0.2) is 47.5 Å². The predicted molar refractivity (Wildman–Crippen MR) is 111 cm³/mol. The third kappa shape index (κ3) is 4.57. The van der Waals surface area contributed by atoms with Gasteiger partial charge in [0, 0.05) is 51.9 Å². The first-order valence-corrected chi connectivity index (χ1v) is 10.8. The van der Waals surface area contributed by atoms with E-state index in [-0.39, 0.29) is 16.5 Å². The number of carbonyl (C=O) groups excluding carboxylic acids is 1. The second kappa shape index (κ2) is 8.76. The molecule has 0 unspecified atom stereocenters. The number of amides is 1. The standard InChI is InChI=1S/C19H23N5O5S/c1-21(2)30(28,29)17-7-4-15(5-8-17)19(25)23-11-3-10-22(12-13-23)18-9-6-16(14-20-18)24(26)27/h4-9,14H,3,10-13H2,1-2H3. The fourth-order valence-electron chi connectivity index (χ4n) is 3.19. The number of nitro groups is 1. The summed E-state index contributed by atoms with van der Waals surface area (Å²) in [7, 11) is -0.633. The smallest absolute Gasteiger partial charge is 0.287 e. The second-order valence-electron chi connectivity index (χ2n) is 7.08. The van der Waals surface area contributed by atoms with Crippen molar-refractivity contribution in [1.82, 2.24) is 14.2 Å². The molecule has 11 heteroatoms. The SMILES string of the molecule is CN(C)S(=O)(=O)c1ccc(C(=O)N2CCCN(c3ccc([N+](=O)[O-])cn3)CC2)cc1. The van der Waals surface area contributed by atoms with Crippen molar-refractivity contribution in [3.8, 4) is 0 Å². The molecule has 1 fully saturated rings. The first kappa shape index (κ1) is 21.7. The van der Waals surface area contributed by atoms with Crippen molar-refractivity contribution in [3.05, 3.63) is 58.3 Å². The number of pyridine rings is 1. The van der Waals surface area contributed by atoms with Gasteiger partial charge in [0.2, 0.25) is 10.0 Å². The summed E-state index contributed by atoms with van der Waals surface area (Å²) < 4.78 is 25.5. The number of benzene rings is 1. The van der Waals surface area contributed by atoms with Crippen LogP contribution in [0, 0.1) is 10.1 Å². The van der Waals surface area contributed by atoms with Crippen molar-refractivity contribution in [2.45, 2.75) is 11.3 Å². The van der Waals surface area contributed by atoms with Gasteiger partial charge in [-0.15, -0.1) is 0 Å².